The van der Waals surface area contributed by atoms with E-state index < -0.39 is 30.6 Å². The monoisotopic (exact) mass is 477 g/mol. The number of benzene rings is 2. The Bertz CT molecular complexity index is 1350. The molecular weight excluding hydrogens is 457 g/mol. The van der Waals surface area contributed by atoms with Gasteiger partial charge in [-0.05, 0) is 24.3 Å². The van der Waals surface area contributed by atoms with Gasteiger partial charge in [0.1, 0.15) is 25.1 Å². The average molecular weight is 477 g/mol. The number of hydrogen-bond acceptors (Lipinski definition) is 8. The van der Waals surface area contributed by atoms with Gasteiger partial charge in [0.25, 0.3) is 5.91 Å². The number of halogens is 1. The summed E-state index contributed by atoms with van der Waals surface area (Å²) in [7, 11) is 0. The van der Waals surface area contributed by atoms with E-state index in [0.717, 1.165) is 0 Å². The Morgan fingerprint density at radius 1 is 1.03 bits per heavy atom. The molecule has 3 heterocycles. The zero-order valence-corrected chi connectivity index (χ0v) is 18.2. The highest BCUT2D eigenvalue weighted by molar-refractivity contribution is 6.06. The molecule has 4 atom stereocenters. The number of aliphatic hydroxyl groups excluding tert-OH is 1. The highest BCUT2D eigenvalue weighted by Crippen LogP contribution is 2.34. The molecule has 2 aromatic carbocycles. The smallest absolute Gasteiger partial charge is 0.338 e. The maximum Gasteiger partial charge on any atom is 0.338 e. The first-order valence-corrected chi connectivity index (χ1v) is 10.8. The summed E-state index contributed by atoms with van der Waals surface area (Å²) in [5, 5.41) is 13.2. The Morgan fingerprint density at radius 3 is 2.43 bits per heavy atom. The Hall–Kier alpha value is -4.22. The minimum atomic E-state index is -1.82. The SMILES string of the molecule is O=C(Nc1ncnc2c1ncn2[C@@H]1O[C@H](COC(=O)c2ccccc2)[C@@H](F)[C@@H]1O)c1ccccc1. The Morgan fingerprint density at radius 2 is 1.71 bits per heavy atom. The van der Waals surface area contributed by atoms with Crippen LogP contribution in [-0.2, 0) is 9.47 Å². The molecule has 1 amide bonds. The largest absolute Gasteiger partial charge is 0.459 e. The summed E-state index contributed by atoms with van der Waals surface area (Å²) >= 11 is 0. The quantitative estimate of drug-likeness (QED) is 0.406. The number of aromatic nitrogens is 4. The zero-order chi connectivity index (χ0) is 24.4. The summed E-state index contributed by atoms with van der Waals surface area (Å²) in [5.74, 6) is -0.861. The first-order chi connectivity index (χ1) is 17.0. The van der Waals surface area contributed by atoms with Crippen molar-refractivity contribution in [3.8, 4) is 0 Å². The first-order valence-electron chi connectivity index (χ1n) is 10.8. The lowest BCUT2D eigenvalue weighted by Crippen LogP contribution is -2.31. The molecule has 35 heavy (non-hydrogen) atoms. The number of nitrogens with one attached hydrogen (secondary N) is 1. The van der Waals surface area contributed by atoms with Gasteiger partial charge in [0.15, 0.2) is 29.4 Å². The topological polar surface area (TPSA) is 128 Å². The minimum Gasteiger partial charge on any atom is -0.459 e. The maximum atomic E-state index is 14.8. The van der Waals surface area contributed by atoms with Gasteiger partial charge in [0, 0.05) is 5.56 Å². The number of aliphatic hydroxyl groups is 1. The molecule has 178 valence electrons. The molecule has 0 saturated carbocycles. The minimum absolute atomic E-state index is 0.153. The normalized spacial score (nSPS) is 21.7. The second kappa shape index (κ2) is 9.57. The third-order valence-electron chi connectivity index (χ3n) is 5.58. The number of anilines is 1. The number of carbonyl (C=O) groups excluding carboxylic acids is 2. The number of alkyl halides is 1. The van der Waals surface area contributed by atoms with Crippen LogP contribution >= 0.6 is 0 Å². The number of nitrogens with zero attached hydrogens (tertiary/aromatic N) is 4. The fourth-order valence-electron chi connectivity index (χ4n) is 3.79. The van der Waals surface area contributed by atoms with Gasteiger partial charge in [-0.25, -0.2) is 24.1 Å². The van der Waals surface area contributed by atoms with Gasteiger partial charge in [-0.3, -0.25) is 9.36 Å². The van der Waals surface area contributed by atoms with Crippen LogP contribution in [0.5, 0.6) is 0 Å². The number of carbonyl (C=O) groups is 2. The fraction of sp³-hybridized carbons (Fsp3) is 0.208. The molecule has 10 nitrogen and oxygen atoms in total. The fourth-order valence-corrected chi connectivity index (χ4v) is 3.79. The molecule has 0 radical (unpaired) electrons. The maximum absolute atomic E-state index is 14.8. The summed E-state index contributed by atoms with van der Waals surface area (Å²) in [4.78, 5) is 37.2. The number of fused-ring (bicyclic) bond motifs is 1. The molecule has 0 aliphatic carbocycles. The molecule has 1 aliphatic heterocycles. The molecule has 0 spiro atoms. The van der Waals surface area contributed by atoms with E-state index >= 15 is 0 Å². The van der Waals surface area contributed by atoms with Crippen LogP contribution in [-0.4, -0.2) is 61.5 Å². The van der Waals surface area contributed by atoms with Crippen LogP contribution in [0.4, 0.5) is 10.2 Å². The van der Waals surface area contributed by atoms with E-state index in [4.69, 9.17) is 9.47 Å². The van der Waals surface area contributed by atoms with Gasteiger partial charge >= 0.3 is 5.97 Å². The molecule has 11 heteroatoms. The van der Waals surface area contributed by atoms with Gasteiger partial charge in [-0.1, -0.05) is 36.4 Å². The highest BCUT2D eigenvalue weighted by atomic mass is 19.1. The molecule has 0 unspecified atom stereocenters. The van der Waals surface area contributed by atoms with Gasteiger partial charge in [-0.15, -0.1) is 0 Å². The molecule has 2 aromatic heterocycles. The number of ether oxygens (including phenoxy) is 2. The predicted octanol–water partition coefficient (Wildman–Crippen LogP) is 2.53. The van der Waals surface area contributed by atoms with Gasteiger partial charge < -0.3 is 19.9 Å². The molecule has 1 aliphatic rings. The summed E-state index contributed by atoms with van der Waals surface area (Å²) < 4.78 is 27.0. The zero-order valence-electron chi connectivity index (χ0n) is 18.2. The summed E-state index contributed by atoms with van der Waals surface area (Å²) in [6.45, 7) is -0.386. The molecule has 4 aromatic rings. The second-order valence-corrected chi connectivity index (χ2v) is 7.83. The van der Waals surface area contributed by atoms with E-state index in [1.165, 1.54) is 17.2 Å². The number of imidazole rings is 1. The Kier molecular flexibility index (Phi) is 6.17. The van der Waals surface area contributed by atoms with Crippen LogP contribution in [0.1, 0.15) is 26.9 Å². The van der Waals surface area contributed by atoms with E-state index in [2.05, 4.69) is 20.3 Å². The number of amides is 1. The van der Waals surface area contributed by atoms with E-state index in [-0.39, 0.29) is 29.5 Å². The van der Waals surface area contributed by atoms with Crippen molar-refractivity contribution in [2.24, 2.45) is 0 Å². The van der Waals surface area contributed by atoms with Crippen molar-refractivity contribution < 1.29 is 28.6 Å². The van der Waals surface area contributed by atoms with Crippen molar-refractivity contribution in [3.05, 3.63) is 84.4 Å². The van der Waals surface area contributed by atoms with Crippen molar-refractivity contribution in [2.45, 2.75) is 24.6 Å². The van der Waals surface area contributed by atoms with Crippen LogP contribution in [0, 0.1) is 0 Å². The van der Waals surface area contributed by atoms with E-state index in [0.29, 0.717) is 11.1 Å². The van der Waals surface area contributed by atoms with Crippen molar-refractivity contribution in [2.75, 3.05) is 11.9 Å². The van der Waals surface area contributed by atoms with Crippen LogP contribution in [0.15, 0.2) is 73.3 Å². The molecule has 5 rings (SSSR count). The summed E-state index contributed by atoms with van der Waals surface area (Å²) in [6, 6.07) is 16.9. The third kappa shape index (κ3) is 4.46. The predicted molar refractivity (Wildman–Crippen MR) is 121 cm³/mol. The molecule has 1 saturated heterocycles. The van der Waals surface area contributed by atoms with E-state index in [1.807, 2.05) is 0 Å². The second-order valence-electron chi connectivity index (χ2n) is 7.83. The lowest BCUT2D eigenvalue weighted by Gasteiger charge is -2.16. The Balaban J connectivity index is 1.32. The van der Waals surface area contributed by atoms with Crippen molar-refractivity contribution in [3.63, 3.8) is 0 Å². The summed E-state index contributed by atoms with van der Waals surface area (Å²) in [6.07, 6.45) is -3.22. The number of rotatable bonds is 6. The lowest BCUT2D eigenvalue weighted by molar-refractivity contribution is -0.0544. The molecule has 1 fully saturated rings. The number of esters is 1. The van der Waals surface area contributed by atoms with Gasteiger partial charge in [-0.2, -0.15) is 0 Å². The van der Waals surface area contributed by atoms with Crippen LogP contribution in [0.3, 0.4) is 0 Å². The van der Waals surface area contributed by atoms with Crippen molar-refractivity contribution in [1.82, 2.24) is 19.5 Å². The first kappa shape index (κ1) is 22.6. The van der Waals surface area contributed by atoms with Gasteiger partial charge in [0.2, 0.25) is 0 Å². The standard InChI is InChI=1S/C24H20FN5O5/c25-17-16(11-34-24(33)15-9-5-2-6-10-15)35-23(19(17)31)30-13-28-18-20(26-12-27-21(18)30)29-22(32)14-7-3-1-4-8-14/h1-10,12-13,16-17,19,23,31H,11H2,(H,26,27,29,32)/t16-,17-,19+,23-/m1/s1. The highest BCUT2D eigenvalue weighted by Gasteiger charge is 2.46. The van der Waals surface area contributed by atoms with Crippen molar-refractivity contribution >= 4 is 28.9 Å². The third-order valence-corrected chi connectivity index (χ3v) is 5.58. The van der Waals surface area contributed by atoms with E-state index in [9.17, 15) is 19.1 Å². The summed E-state index contributed by atoms with van der Waals surface area (Å²) in [5.41, 5.74) is 1.21. The van der Waals surface area contributed by atoms with Crippen LogP contribution in [0.2, 0.25) is 0 Å². The number of hydrogen-bond donors (Lipinski definition) is 2. The molecule has 2 N–H and O–H groups in total. The Labute approximate surface area is 198 Å². The van der Waals surface area contributed by atoms with E-state index in [1.54, 1.807) is 60.7 Å². The van der Waals surface area contributed by atoms with Crippen LogP contribution < -0.4 is 5.32 Å². The average Bonchev–Trinajstić information content (AvgIpc) is 3.45. The molecule has 0 bridgehead atoms. The van der Waals surface area contributed by atoms with Crippen LogP contribution in [0.25, 0.3) is 11.2 Å². The molecular formula is C24H20FN5O5. The van der Waals surface area contributed by atoms with Gasteiger partial charge in [0.05, 0.1) is 11.9 Å². The van der Waals surface area contributed by atoms with Crippen molar-refractivity contribution in [1.29, 1.82) is 0 Å². The lowest BCUT2D eigenvalue weighted by atomic mass is 10.1.